The highest BCUT2D eigenvalue weighted by atomic mass is 16.2. The van der Waals surface area contributed by atoms with Crippen molar-refractivity contribution in [2.45, 2.75) is 0 Å². The first-order valence-electron chi connectivity index (χ1n) is 8.25. The zero-order valence-corrected chi connectivity index (χ0v) is 14.5. The number of benzene rings is 2. The van der Waals surface area contributed by atoms with Crippen molar-refractivity contribution in [1.29, 1.82) is 0 Å². The third kappa shape index (κ3) is 2.61. The van der Waals surface area contributed by atoms with E-state index in [0.717, 1.165) is 16.7 Å². The number of carbonyl (C=O) groups is 1. The van der Waals surface area contributed by atoms with E-state index in [0.29, 0.717) is 11.3 Å². The van der Waals surface area contributed by atoms with Gasteiger partial charge in [0.25, 0.3) is 5.91 Å². The van der Waals surface area contributed by atoms with Crippen LogP contribution in [0.1, 0.15) is 10.4 Å². The zero-order chi connectivity index (χ0) is 18.3. The van der Waals surface area contributed by atoms with Gasteiger partial charge in [-0.05, 0) is 48.5 Å². The number of nitrogens with zero attached hydrogens (tertiary/aromatic N) is 3. The molecule has 0 aliphatic rings. The average Bonchev–Trinajstić information content (AvgIpc) is 3.27. The minimum absolute atomic E-state index is 0.0945. The lowest BCUT2D eigenvalue weighted by molar-refractivity contribution is 0.102. The largest absolute Gasteiger partial charge is 0.328 e. The molecule has 26 heavy (non-hydrogen) atoms. The van der Waals surface area contributed by atoms with Gasteiger partial charge in [0.2, 0.25) is 0 Å². The number of fused-ring (bicyclic) bond motifs is 1. The molecule has 0 aliphatic heterocycles. The lowest BCUT2D eigenvalue weighted by Crippen LogP contribution is -2.19. The lowest BCUT2D eigenvalue weighted by Gasteiger charge is -2.08. The molecule has 0 fully saturated rings. The summed E-state index contributed by atoms with van der Waals surface area (Å²) in [6.07, 6.45) is 3.86. The molecular weight excluding hydrogens is 328 g/mol. The fourth-order valence-corrected chi connectivity index (χ4v) is 3.10. The number of imidazole rings is 1. The van der Waals surface area contributed by atoms with E-state index < -0.39 is 0 Å². The highest BCUT2D eigenvalue weighted by Crippen LogP contribution is 2.19. The number of rotatable bonds is 3. The number of amides is 1. The summed E-state index contributed by atoms with van der Waals surface area (Å²) in [4.78, 5) is 24.7. The van der Waals surface area contributed by atoms with Gasteiger partial charge in [-0.25, -0.2) is 4.79 Å². The van der Waals surface area contributed by atoms with Gasteiger partial charge in [0.05, 0.1) is 11.0 Å². The van der Waals surface area contributed by atoms with Gasteiger partial charge in [0.1, 0.15) is 0 Å². The van der Waals surface area contributed by atoms with Gasteiger partial charge in [0, 0.05) is 43.4 Å². The fraction of sp³-hybridized carbons (Fsp3) is 0.100. The van der Waals surface area contributed by atoms with Crippen molar-refractivity contribution in [3.8, 4) is 5.69 Å². The highest BCUT2D eigenvalue weighted by Gasteiger charge is 2.11. The maximum Gasteiger partial charge on any atom is 0.328 e. The van der Waals surface area contributed by atoms with Crippen molar-refractivity contribution in [1.82, 2.24) is 13.7 Å². The number of carbonyl (C=O) groups excluding carboxylic acids is 1. The van der Waals surface area contributed by atoms with Crippen LogP contribution in [-0.2, 0) is 14.1 Å². The Bertz CT molecular complexity index is 1170. The van der Waals surface area contributed by atoms with Crippen LogP contribution in [0.15, 0.2) is 71.8 Å². The van der Waals surface area contributed by atoms with Crippen LogP contribution < -0.4 is 11.0 Å². The molecule has 4 aromatic rings. The number of hydrogen-bond acceptors (Lipinski definition) is 2. The fourth-order valence-electron chi connectivity index (χ4n) is 3.10. The van der Waals surface area contributed by atoms with E-state index in [9.17, 15) is 9.59 Å². The summed E-state index contributed by atoms with van der Waals surface area (Å²) in [6.45, 7) is 0. The Morgan fingerprint density at radius 3 is 2.38 bits per heavy atom. The topological polar surface area (TPSA) is 61.0 Å². The van der Waals surface area contributed by atoms with Crippen molar-refractivity contribution >= 4 is 22.6 Å². The Morgan fingerprint density at radius 1 is 0.885 bits per heavy atom. The van der Waals surface area contributed by atoms with Crippen LogP contribution in [0.5, 0.6) is 0 Å². The molecular formula is C20H18N4O2. The number of anilines is 1. The molecule has 130 valence electrons. The van der Waals surface area contributed by atoms with E-state index in [4.69, 9.17) is 0 Å². The first-order chi connectivity index (χ1) is 12.5. The molecule has 0 saturated heterocycles. The van der Waals surface area contributed by atoms with Crippen LogP contribution in [0.4, 0.5) is 5.69 Å². The number of hydrogen-bond donors (Lipinski definition) is 1. The molecule has 0 radical (unpaired) electrons. The van der Waals surface area contributed by atoms with Gasteiger partial charge in [0.15, 0.2) is 0 Å². The lowest BCUT2D eigenvalue weighted by atomic mass is 10.1. The molecule has 2 aromatic heterocycles. The Morgan fingerprint density at radius 2 is 1.62 bits per heavy atom. The summed E-state index contributed by atoms with van der Waals surface area (Å²) in [6, 6.07) is 16.7. The Hall–Kier alpha value is -3.54. The summed E-state index contributed by atoms with van der Waals surface area (Å²) < 4.78 is 5.10. The van der Waals surface area contributed by atoms with Crippen LogP contribution in [0, 0.1) is 0 Å². The molecule has 2 aromatic carbocycles. The molecule has 1 amide bonds. The van der Waals surface area contributed by atoms with Crippen molar-refractivity contribution in [3.63, 3.8) is 0 Å². The average molecular weight is 346 g/mol. The van der Waals surface area contributed by atoms with E-state index in [-0.39, 0.29) is 11.6 Å². The molecule has 4 rings (SSSR count). The Balaban J connectivity index is 1.64. The Labute approximate surface area is 149 Å². The minimum Gasteiger partial charge on any atom is -0.324 e. The molecule has 6 heteroatoms. The smallest absolute Gasteiger partial charge is 0.324 e. The predicted molar refractivity (Wildman–Crippen MR) is 102 cm³/mol. The van der Waals surface area contributed by atoms with Gasteiger partial charge < -0.3 is 9.88 Å². The normalized spacial score (nSPS) is 11.0. The molecule has 0 saturated carbocycles. The van der Waals surface area contributed by atoms with Gasteiger partial charge in [-0.2, -0.15) is 0 Å². The second-order valence-corrected chi connectivity index (χ2v) is 6.20. The molecule has 0 unspecified atom stereocenters. The summed E-state index contributed by atoms with van der Waals surface area (Å²) in [5.74, 6) is -0.195. The van der Waals surface area contributed by atoms with Crippen molar-refractivity contribution in [3.05, 3.63) is 83.0 Å². The van der Waals surface area contributed by atoms with E-state index in [1.165, 1.54) is 0 Å². The summed E-state index contributed by atoms with van der Waals surface area (Å²) in [5.41, 5.74) is 3.64. The third-order valence-corrected chi connectivity index (χ3v) is 4.54. The standard InChI is InChI=1S/C20H18N4O2/c1-22-17-9-8-15(13-18(17)23(2)20(22)26)21-19(25)14-6-5-7-16(12-14)24-10-3-4-11-24/h3-13H,1-2H3,(H,21,25). The minimum atomic E-state index is -0.195. The van der Waals surface area contributed by atoms with Crippen LogP contribution in [-0.4, -0.2) is 19.6 Å². The molecule has 1 N–H and O–H groups in total. The quantitative estimate of drug-likeness (QED) is 0.620. The summed E-state index contributed by atoms with van der Waals surface area (Å²) in [5, 5.41) is 2.91. The second kappa shape index (κ2) is 6.07. The zero-order valence-electron chi connectivity index (χ0n) is 14.5. The van der Waals surface area contributed by atoms with Crippen molar-refractivity contribution in [2.24, 2.45) is 14.1 Å². The van der Waals surface area contributed by atoms with E-state index in [1.54, 1.807) is 35.4 Å². The molecule has 0 bridgehead atoms. The van der Waals surface area contributed by atoms with Crippen LogP contribution in [0.3, 0.4) is 0 Å². The maximum atomic E-state index is 12.6. The van der Waals surface area contributed by atoms with Crippen LogP contribution >= 0.6 is 0 Å². The van der Waals surface area contributed by atoms with Gasteiger partial charge in [-0.3, -0.25) is 13.9 Å². The van der Waals surface area contributed by atoms with Crippen LogP contribution in [0.2, 0.25) is 0 Å². The second-order valence-electron chi connectivity index (χ2n) is 6.20. The van der Waals surface area contributed by atoms with Crippen LogP contribution in [0.25, 0.3) is 16.7 Å². The van der Waals surface area contributed by atoms with E-state index >= 15 is 0 Å². The van der Waals surface area contributed by atoms with Crippen molar-refractivity contribution < 1.29 is 4.79 Å². The van der Waals surface area contributed by atoms with Gasteiger partial charge >= 0.3 is 5.69 Å². The van der Waals surface area contributed by atoms with E-state index in [2.05, 4.69) is 5.32 Å². The maximum absolute atomic E-state index is 12.6. The molecule has 0 aliphatic carbocycles. The monoisotopic (exact) mass is 346 g/mol. The summed E-state index contributed by atoms with van der Waals surface area (Å²) >= 11 is 0. The van der Waals surface area contributed by atoms with Gasteiger partial charge in [-0.1, -0.05) is 6.07 Å². The first-order valence-corrected chi connectivity index (χ1v) is 8.25. The molecule has 0 spiro atoms. The number of aromatic nitrogens is 3. The summed E-state index contributed by atoms with van der Waals surface area (Å²) in [7, 11) is 3.45. The number of aryl methyl sites for hydroxylation is 2. The molecule has 2 heterocycles. The van der Waals surface area contributed by atoms with E-state index in [1.807, 2.05) is 59.4 Å². The predicted octanol–water partition coefficient (Wildman–Crippen LogP) is 2.92. The third-order valence-electron chi connectivity index (χ3n) is 4.54. The Kier molecular flexibility index (Phi) is 3.73. The van der Waals surface area contributed by atoms with Gasteiger partial charge in [-0.15, -0.1) is 0 Å². The number of nitrogens with one attached hydrogen (secondary N) is 1. The van der Waals surface area contributed by atoms with Crippen molar-refractivity contribution in [2.75, 3.05) is 5.32 Å². The SMILES string of the molecule is Cn1c(=O)n(C)c2cc(NC(=O)c3cccc(-n4cccc4)c3)ccc21. The molecule has 0 atom stereocenters. The molecule has 6 nitrogen and oxygen atoms in total. The highest BCUT2D eigenvalue weighted by molar-refractivity contribution is 6.05. The first kappa shape index (κ1) is 16.0.